The summed E-state index contributed by atoms with van der Waals surface area (Å²) in [5.74, 6) is 6.09. The largest absolute Gasteiger partial charge is 0.495 e. The maximum atomic E-state index is 13.6. The molecule has 1 amide bonds. The average molecular weight is 606 g/mol. The number of hydrogen-bond acceptors (Lipinski definition) is 6. The van der Waals surface area contributed by atoms with Crippen LogP contribution in [0.1, 0.15) is 23.0 Å². The number of anilines is 4. The fourth-order valence-electron chi connectivity index (χ4n) is 5.09. The van der Waals surface area contributed by atoms with Crippen LogP contribution in [0.2, 0.25) is 0 Å². The monoisotopic (exact) mass is 605 g/mol. The van der Waals surface area contributed by atoms with Gasteiger partial charge in [-0.3, -0.25) is 4.79 Å². The number of fused-ring (bicyclic) bond motifs is 1. The Morgan fingerprint density at radius 1 is 1.02 bits per heavy atom. The number of ether oxygens (including phenoxy) is 2. The number of rotatable bonds is 9. The minimum absolute atomic E-state index is 0.144. The van der Waals surface area contributed by atoms with Crippen molar-refractivity contribution >= 4 is 39.6 Å². The van der Waals surface area contributed by atoms with Crippen LogP contribution in [0.3, 0.4) is 0 Å². The Balaban J connectivity index is 1.37. The van der Waals surface area contributed by atoms with Gasteiger partial charge in [0.05, 0.1) is 43.8 Å². The second-order valence-electron chi connectivity index (χ2n) is 10.2. The molecule has 3 aromatic carbocycles. The van der Waals surface area contributed by atoms with Crippen LogP contribution in [-0.2, 0) is 11.3 Å². The van der Waals surface area contributed by atoms with Crippen LogP contribution >= 0.6 is 0 Å². The second kappa shape index (κ2) is 13.7. The molecule has 4 aromatic rings. The standard InChI is InChI=1S/C33H34F3N5O3/c1-3-37-32(42)23-9-14-29(31(20-23)43-2)38-15-5-6-26-21-27-28(7-4-8-30(27)41(26)22-33(34,35)36)39-24-10-12-25(13-11-24)40-16-18-44-19-17-40/h4,7-14,20-21,38-39H,3,15-19,22H2,1-2H3,(H,37,42). The highest BCUT2D eigenvalue weighted by molar-refractivity contribution is 5.96. The molecule has 0 saturated carbocycles. The van der Waals surface area contributed by atoms with E-state index >= 15 is 0 Å². The van der Waals surface area contributed by atoms with E-state index in [4.69, 9.17) is 9.47 Å². The summed E-state index contributed by atoms with van der Waals surface area (Å²) in [5.41, 5.74) is 4.33. The molecule has 0 unspecified atom stereocenters. The number of morpholine rings is 1. The molecule has 44 heavy (non-hydrogen) atoms. The van der Waals surface area contributed by atoms with Crippen molar-refractivity contribution in [1.29, 1.82) is 0 Å². The Morgan fingerprint density at radius 2 is 1.80 bits per heavy atom. The number of aromatic nitrogens is 1. The van der Waals surface area contributed by atoms with Crippen molar-refractivity contribution in [2.24, 2.45) is 0 Å². The van der Waals surface area contributed by atoms with Crippen LogP contribution in [0.4, 0.5) is 35.9 Å². The van der Waals surface area contributed by atoms with Gasteiger partial charge in [-0.25, -0.2) is 0 Å². The van der Waals surface area contributed by atoms with E-state index < -0.39 is 12.7 Å². The maximum Gasteiger partial charge on any atom is 0.406 e. The first-order valence-electron chi connectivity index (χ1n) is 14.3. The maximum absolute atomic E-state index is 13.6. The lowest BCUT2D eigenvalue weighted by Crippen LogP contribution is -2.36. The average Bonchev–Trinajstić information content (AvgIpc) is 3.36. The summed E-state index contributed by atoms with van der Waals surface area (Å²) in [6.07, 6.45) is -4.43. The number of nitrogens with zero attached hydrogens (tertiary/aromatic N) is 2. The van der Waals surface area contributed by atoms with E-state index in [9.17, 15) is 18.0 Å². The molecule has 2 heterocycles. The quantitative estimate of drug-likeness (QED) is 0.203. The number of hydrogen-bond donors (Lipinski definition) is 3. The number of alkyl halides is 3. The van der Waals surface area contributed by atoms with Gasteiger partial charge in [-0.2, -0.15) is 13.2 Å². The minimum Gasteiger partial charge on any atom is -0.495 e. The molecule has 0 radical (unpaired) electrons. The van der Waals surface area contributed by atoms with Gasteiger partial charge >= 0.3 is 6.18 Å². The highest BCUT2D eigenvalue weighted by atomic mass is 19.4. The zero-order chi connectivity index (χ0) is 31.1. The Kier molecular flexibility index (Phi) is 9.50. The number of amides is 1. The van der Waals surface area contributed by atoms with E-state index in [-0.39, 0.29) is 18.1 Å². The molecule has 1 aliphatic rings. The van der Waals surface area contributed by atoms with Crippen LogP contribution in [0.25, 0.3) is 10.9 Å². The van der Waals surface area contributed by atoms with Crippen LogP contribution in [0.15, 0.2) is 66.7 Å². The van der Waals surface area contributed by atoms with Crippen molar-refractivity contribution in [3.8, 4) is 17.6 Å². The number of carbonyl (C=O) groups is 1. The molecule has 0 atom stereocenters. The van der Waals surface area contributed by atoms with Gasteiger partial charge in [-0.15, -0.1) is 0 Å². The van der Waals surface area contributed by atoms with Crippen LogP contribution < -0.4 is 25.6 Å². The molecule has 3 N–H and O–H groups in total. The van der Waals surface area contributed by atoms with Gasteiger partial charge in [0.2, 0.25) is 0 Å². The SMILES string of the molecule is CCNC(=O)c1ccc(NCC#Cc2cc3c(Nc4ccc(N5CCOCC5)cc4)cccc3n2CC(F)(F)F)c(OC)c1. The molecule has 230 valence electrons. The van der Waals surface area contributed by atoms with E-state index in [0.29, 0.717) is 53.3 Å². The Labute approximate surface area is 254 Å². The summed E-state index contributed by atoms with van der Waals surface area (Å²) in [6, 6.07) is 19.9. The topological polar surface area (TPSA) is 79.8 Å². The number of halogens is 3. The molecule has 1 fully saturated rings. The summed E-state index contributed by atoms with van der Waals surface area (Å²) in [4.78, 5) is 14.4. The lowest BCUT2D eigenvalue weighted by Gasteiger charge is -2.29. The molecular formula is C33H34F3N5O3. The Morgan fingerprint density at radius 3 is 2.50 bits per heavy atom. The van der Waals surface area contributed by atoms with Crippen LogP contribution in [-0.4, -0.2) is 63.2 Å². The zero-order valence-electron chi connectivity index (χ0n) is 24.6. The molecule has 0 bridgehead atoms. The third-order valence-electron chi connectivity index (χ3n) is 7.19. The van der Waals surface area contributed by atoms with Crippen molar-refractivity contribution in [3.05, 3.63) is 78.0 Å². The van der Waals surface area contributed by atoms with Gasteiger partial charge in [-0.1, -0.05) is 12.0 Å². The van der Waals surface area contributed by atoms with Crippen molar-refractivity contribution in [1.82, 2.24) is 9.88 Å². The third kappa shape index (κ3) is 7.38. The number of carbonyl (C=O) groups excluding carboxylic acids is 1. The van der Waals surface area contributed by atoms with Crippen molar-refractivity contribution < 1.29 is 27.4 Å². The van der Waals surface area contributed by atoms with Crippen molar-refractivity contribution in [2.45, 2.75) is 19.6 Å². The smallest absolute Gasteiger partial charge is 0.406 e. The molecule has 11 heteroatoms. The van der Waals surface area contributed by atoms with E-state index in [1.165, 1.54) is 11.7 Å². The first-order chi connectivity index (χ1) is 21.3. The van der Waals surface area contributed by atoms with E-state index in [1.54, 1.807) is 36.4 Å². The number of benzene rings is 3. The first kappa shape index (κ1) is 30.6. The van der Waals surface area contributed by atoms with E-state index in [2.05, 4.69) is 32.7 Å². The molecule has 1 saturated heterocycles. The first-order valence-corrected chi connectivity index (χ1v) is 14.3. The third-order valence-corrected chi connectivity index (χ3v) is 7.19. The number of nitrogens with one attached hydrogen (secondary N) is 3. The second-order valence-corrected chi connectivity index (χ2v) is 10.2. The van der Waals surface area contributed by atoms with Gasteiger partial charge in [-0.05, 0) is 73.5 Å². The zero-order valence-corrected chi connectivity index (χ0v) is 24.6. The summed E-state index contributed by atoms with van der Waals surface area (Å²) in [6.45, 7) is 4.36. The molecule has 5 rings (SSSR count). The highest BCUT2D eigenvalue weighted by Crippen LogP contribution is 2.32. The van der Waals surface area contributed by atoms with Crippen molar-refractivity contribution in [2.75, 3.05) is 62.0 Å². The van der Waals surface area contributed by atoms with Crippen LogP contribution in [0, 0.1) is 11.8 Å². The minimum atomic E-state index is -4.43. The van der Waals surface area contributed by atoms with Gasteiger partial charge in [0.1, 0.15) is 12.3 Å². The summed E-state index contributed by atoms with van der Waals surface area (Å²) < 4.78 is 53.0. The lowest BCUT2D eigenvalue weighted by atomic mass is 10.1. The Bertz CT molecular complexity index is 1670. The molecule has 8 nitrogen and oxygen atoms in total. The lowest BCUT2D eigenvalue weighted by molar-refractivity contribution is -0.140. The van der Waals surface area contributed by atoms with Gasteiger partial charge in [0, 0.05) is 47.6 Å². The summed E-state index contributed by atoms with van der Waals surface area (Å²) in [7, 11) is 1.49. The summed E-state index contributed by atoms with van der Waals surface area (Å²) in [5, 5.41) is 9.85. The van der Waals surface area contributed by atoms with Gasteiger partial charge in [0.25, 0.3) is 5.91 Å². The fraction of sp³-hybridized carbons (Fsp3) is 0.303. The summed E-state index contributed by atoms with van der Waals surface area (Å²) >= 11 is 0. The van der Waals surface area contributed by atoms with Gasteiger partial charge < -0.3 is 34.9 Å². The number of methoxy groups -OCH3 is 1. The van der Waals surface area contributed by atoms with Crippen LogP contribution in [0.5, 0.6) is 5.75 Å². The molecule has 1 aromatic heterocycles. The molecule has 0 spiro atoms. The van der Waals surface area contributed by atoms with Gasteiger partial charge in [0.15, 0.2) is 0 Å². The van der Waals surface area contributed by atoms with E-state index in [1.807, 2.05) is 37.3 Å². The highest BCUT2D eigenvalue weighted by Gasteiger charge is 2.30. The van der Waals surface area contributed by atoms with E-state index in [0.717, 1.165) is 24.5 Å². The fourth-order valence-corrected chi connectivity index (χ4v) is 5.09. The van der Waals surface area contributed by atoms with Crippen molar-refractivity contribution in [3.63, 3.8) is 0 Å². The Hall–Kier alpha value is -4.82. The molecule has 0 aliphatic carbocycles. The normalized spacial score (nSPS) is 13.2. The predicted molar refractivity (Wildman–Crippen MR) is 167 cm³/mol. The molecular weight excluding hydrogens is 571 g/mol. The predicted octanol–water partition coefficient (Wildman–Crippen LogP) is 6.01. The molecule has 1 aliphatic heterocycles.